The lowest BCUT2D eigenvalue weighted by Gasteiger charge is -2.12. The first-order chi connectivity index (χ1) is 4.39. The molecule has 0 aliphatic carbocycles. The van der Waals surface area contributed by atoms with Gasteiger partial charge in [-0.3, -0.25) is 0 Å². The molecule has 10 heavy (non-hydrogen) atoms. The van der Waals surface area contributed by atoms with Crippen LogP contribution in [0.2, 0.25) is 0 Å². The molecule has 0 saturated carbocycles. The molecule has 0 aromatic heterocycles. The van der Waals surface area contributed by atoms with E-state index in [1.165, 1.54) is 0 Å². The highest BCUT2D eigenvalue weighted by Gasteiger charge is 2.44. The summed E-state index contributed by atoms with van der Waals surface area (Å²) in [6.45, 7) is 2.68. The molecule has 0 nitrogen and oxygen atoms in total. The number of rotatable bonds is 2. The molecule has 0 radical (unpaired) electrons. The Morgan fingerprint density at radius 1 is 1.20 bits per heavy atom. The second kappa shape index (κ2) is 2.98. The number of allylic oxidation sites excluding steroid dienone is 1. The second-order valence-corrected chi connectivity index (χ2v) is 1.62. The third-order valence-electron chi connectivity index (χ3n) is 0.817. The summed E-state index contributed by atoms with van der Waals surface area (Å²) in [6.07, 6.45) is -11.0. The van der Waals surface area contributed by atoms with Crippen molar-refractivity contribution in [1.82, 2.24) is 0 Å². The van der Waals surface area contributed by atoms with E-state index in [-0.39, 0.29) is 6.08 Å². The molecule has 0 spiro atoms. The standard InChI is InChI=1S/C5H5F5/c1-2-3(6)4(7)5(8,9)10/h2-4H,1H2. The van der Waals surface area contributed by atoms with Gasteiger partial charge in [-0.25, -0.2) is 8.78 Å². The Morgan fingerprint density at radius 2 is 1.60 bits per heavy atom. The minimum absolute atomic E-state index is 0.276. The van der Waals surface area contributed by atoms with E-state index in [4.69, 9.17) is 0 Å². The summed E-state index contributed by atoms with van der Waals surface area (Å²) >= 11 is 0. The topological polar surface area (TPSA) is 0 Å². The molecule has 2 unspecified atom stereocenters. The summed E-state index contributed by atoms with van der Waals surface area (Å²) < 4.78 is 57.2. The van der Waals surface area contributed by atoms with Crippen LogP contribution >= 0.6 is 0 Å². The Balaban J connectivity index is 4.07. The van der Waals surface area contributed by atoms with Gasteiger partial charge >= 0.3 is 6.18 Å². The number of halogens is 5. The van der Waals surface area contributed by atoms with Crippen LogP contribution in [0.3, 0.4) is 0 Å². The summed E-state index contributed by atoms with van der Waals surface area (Å²) in [5.74, 6) is 0. The minimum Gasteiger partial charge on any atom is -0.239 e. The average Bonchev–Trinajstić information content (AvgIpc) is 1.83. The van der Waals surface area contributed by atoms with Gasteiger partial charge in [0.1, 0.15) is 0 Å². The highest BCUT2D eigenvalue weighted by atomic mass is 19.4. The molecule has 0 saturated heterocycles. The first-order valence-corrected chi connectivity index (χ1v) is 2.37. The van der Waals surface area contributed by atoms with Gasteiger partial charge in [0.15, 0.2) is 6.17 Å². The van der Waals surface area contributed by atoms with Gasteiger partial charge in [-0.05, 0) is 0 Å². The van der Waals surface area contributed by atoms with E-state index < -0.39 is 18.5 Å². The van der Waals surface area contributed by atoms with Crippen LogP contribution in [0.25, 0.3) is 0 Å². The van der Waals surface area contributed by atoms with Gasteiger partial charge in [-0.15, -0.1) is 6.58 Å². The summed E-state index contributed by atoms with van der Waals surface area (Å²) in [6, 6.07) is 0. The van der Waals surface area contributed by atoms with Crippen LogP contribution in [0.5, 0.6) is 0 Å². The highest BCUT2D eigenvalue weighted by Crippen LogP contribution is 2.26. The Morgan fingerprint density at radius 3 is 1.70 bits per heavy atom. The van der Waals surface area contributed by atoms with E-state index in [1.807, 2.05) is 0 Å². The largest absolute Gasteiger partial charge is 0.422 e. The van der Waals surface area contributed by atoms with Crippen LogP contribution < -0.4 is 0 Å². The maximum atomic E-state index is 11.8. The van der Waals surface area contributed by atoms with Crippen LogP contribution in [-0.2, 0) is 0 Å². The molecule has 0 aromatic carbocycles. The molecule has 5 heteroatoms. The maximum absolute atomic E-state index is 11.8. The summed E-state index contributed by atoms with van der Waals surface area (Å²) in [5, 5.41) is 0. The lowest BCUT2D eigenvalue weighted by Crippen LogP contribution is -2.32. The fraction of sp³-hybridized carbons (Fsp3) is 0.600. The molecule has 60 valence electrons. The number of alkyl halides is 5. The van der Waals surface area contributed by atoms with Crippen molar-refractivity contribution in [2.45, 2.75) is 18.5 Å². The van der Waals surface area contributed by atoms with Crippen molar-refractivity contribution in [3.63, 3.8) is 0 Å². The lowest BCUT2D eigenvalue weighted by molar-refractivity contribution is -0.191. The number of hydrogen-bond donors (Lipinski definition) is 0. The van der Waals surface area contributed by atoms with E-state index in [0.29, 0.717) is 0 Å². The van der Waals surface area contributed by atoms with E-state index >= 15 is 0 Å². The van der Waals surface area contributed by atoms with Gasteiger partial charge < -0.3 is 0 Å². The summed E-state index contributed by atoms with van der Waals surface area (Å²) in [7, 11) is 0. The number of hydrogen-bond acceptors (Lipinski definition) is 0. The van der Waals surface area contributed by atoms with Gasteiger partial charge in [-0.1, -0.05) is 6.08 Å². The first kappa shape index (κ1) is 9.39. The predicted octanol–water partition coefficient (Wildman–Crippen LogP) is 2.41. The van der Waals surface area contributed by atoms with Gasteiger partial charge in [-0.2, -0.15) is 13.2 Å². The van der Waals surface area contributed by atoms with E-state index in [9.17, 15) is 22.0 Å². The van der Waals surface area contributed by atoms with Crippen LogP contribution in [0.1, 0.15) is 0 Å². The second-order valence-electron chi connectivity index (χ2n) is 1.62. The van der Waals surface area contributed by atoms with Crippen molar-refractivity contribution in [3.05, 3.63) is 12.7 Å². The quantitative estimate of drug-likeness (QED) is 0.429. The van der Waals surface area contributed by atoms with Crippen LogP contribution in [0.15, 0.2) is 12.7 Å². The maximum Gasteiger partial charge on any atom is 0.422 e. The lowest BCUT2D eigenvalue weighted by atomic mass is 10.2. The SMILES string of the molecule is C=CC(F)C(F)C(F)(F)F. The van der Waals surface area contributed by atoms with Crippen LogP contribution in [0.4, 0.5) is 22.0 Å². The molecule has 0 bridgehead atoms. The van der Waals surface area contributed by atoms with E-state index in [0.717, 1.165) is 0 Å². The van der Waals surface area contributed by atoms with Crippen molar-refractivity contribution in [2.75, 3.05) is 0 Å². The molecule has 2 atom stereocenters. The van der Waals surface area contributed by atoms with Crippen LogP contribution in [-0.4, -0.2) is 18.5 Å². The van der Waals surface area contributed by atoms with E-state index in [2.05, 4.69) is 6.58 Å². The molecule has 0 N–H and O–H groups in total. The molecule has 0 rings (SSSR count). The summed E-state index contributed by atoms with van der Waals surface area (Å²) in [4.78, 5) is 0. The molecule has 0 heterocycles. The zero-order chi connectivity index (χ0) is 8.36. The predicted molar refractivity (Wildman–Crippen MR) is 26.0 cm³/mol. The third-order valence-corrected chi connectivity index (χ3v) is 0.817. The van der Waals surface area contributed by atoms with Crippen molar-refractivity contribution in [3.8, 4) is 0 Å². The normalized spacial score (nSPS) is 18.1. The van der Waals surface area contributed by atoms with Crippen molar-refractivity contribution >= 4 is 0 Å². The first-order valence-electron chi connectivity index (χ1n) is 2.37. The molecule has 0 fully saturated rings. The third kappa shape index (κ3) is 2.33. The van der Waals surface area contributed by atoms with Crippen LogP contribution in [0, 0.1) is 0 Å². The Labute approximate surface area is 54.3 Å². The fourth-order valence-electron chi connectivity index (χ4n) is 0.300. The smallest absolute Gasteiger partial charge is 0.239 e. The molecule has 0 amide bonds. The molecule has 0 aliphatic heterocycles. The average molecular weight is 160 g/mol. The van der Waals surface area contributed by atoms with Crippen molar-refractivity contribution in [1.29, 1.82) is 0 Å². The fourth-order valence-corrected chi connectivity index (χ4v) is 0.300. The molecule has 0 aromatic rings. The molecule has 0 aliphatic rings. The minimum atomic E-state index is -5.13. The Bertz CT molecular complexity index is 116. The van der Waals surface area contributed by atoms with Gasteiger partial charge in [0.25, 0.3) is 0 Å². The highest BCUT2D eigenvalue weighted by molar-refractivity contribution is 4.88. The summed E-state index contributed by atoms with van der Waals surface area (Å²) in [5.41, 5.74) is 0. The van der Waals surface area contributed by atoms with Crippen molar-refractivity contribution < 1.29 is 22.0 Å². The molecular weight excluding hydrogens is 155 g/mol. The van der Waals surface area contributed by atoms with Gasteiger partial charge in [0.05, 0.1) is 0 Å². The van der Waals surface area contributed by atoms with Crippen molar-refractivity contribution in [2.24, 2.45) is 0 Å². The van der Waals surface area contributed by atoms with E-state index in [1.54, 1.807) is 0 Å². The van der Waals surface area contributed by atoms with Gasteiger partial charge in [0, 0.05) is 0 Å². The zero-order valence-corrected chi connectivity index (χ0v) is 4.83. The Kier molecular flexibility index (Phi) is 2.80. The zero-order valence-electron chi connectivity index (χ0n) is 4.83. The Hall–Kier alpha value is -0.610. The van der Waals surface area contributed by atoms with Gasteiger partial charge in [0.2, 0.25) is 6.17 Å². The molecular formula is C5H5F5. The monoisotopic (exact) mass is 160 g/mol.